The summed E-state index contributed by atoms with van der Waals surface area (Å²) in [6.07, 6.45) is 7.50. The van der Waals surface area contributed by atoms with Crippen LogP contribution in [0.4, 0.5) is 0 Å². The van der Waals surface area contributed by atoms with Crippen molar-refractivity contribution in [2.75, 3.05) is 0 Å². The van der Waals surface area contributed by atoms with Crippen molar-refractivity contribution < 1.29 is 14.7 Å². The van der Waals surface area contributed by atoms with Gasteiger partial charge in [-0.05, 0) is 60.8 Å². The van der Waals surface area contributed by atoms with E-state index in [1.54, 1.807) is 16.9 Å². The molecule has 37 heavy (non-hydrogen) atoms. The molecule has 0 unspecified atom stereocenters. The summed E-state index contributed by atoms with van der Waals surface area (Å²) in [5.41, 5.74) is 4.43. The van der Waals surface area contributed by atoms with Crippen LogP contribution in [0.25, 0.3) is 22.0 Å². The van der Waals surface area contributed by atoms with Gasteiger partial charge in [-0.15, -0.1) is 0 Å². The monoisotopic (exact) mass is 514 g/mol. The molecule has 2 aliphatic rings. The van der Waals surface area contributed by atoms with E-state index in [0.29, 0.717) is 17.1 Å². The minimum atomic E-state index is -0.729. The summed E-state index contributed by atoms with van der Waals surface area (Å²) in [7, 11) is 0. The van der Waals surface area contributed by atoms with Crippen LogP contribution in [-0.4, -0.2) is 37.8 Å². The number of hydrogen-bond donors (Lipinski definition) is 2. The van der Waals surface area contributed by atoms with E-state index in [9.17, 15) is 9.59 Å². The molecule has 188 valence electrons. The second-order valence-corrected chi connectivity index (χ2v) is 11.0. The maximum atomic E-state index is 13.3. The Morgan fingerprint density at radius 2 is 1.81 bits per heavy atom. The van der Waals surface area contributed by atoms with Crippen molar-refractivity contribution in [3.05, 3.63) is 83.3 Å². The van der Waals surface area contributed by atoms with Gasteiger partial charge < -0.3 is 10.4 Å². The number of fused-ring (bicyclic) bond motifs is 1. The SMILES string of the molecule is O=C(O)CC1CC2(C1)CC(NC(=O)c1cc(Cl)cc3cnn(Cc4ccc(-c5ccccc5)cn4)c13)C2. The molecule has 0 atom stereocenters. The van der Waals surface area contributed by atoms with E-state index in [1.165, 1.54) is 0 Å². The van der Waals surface area contributed by atoms with Crippen LogP contribution < -0.4 is 5.32 Å². The van der Waals surface area contributed by atoms with Gasteiger partial charge in [0.1, 0.15) is 0 Å². The number of pyridine rings is 1. The second-order valence-electron chi connectivity index (χ2n) is 10.5. The van der Waals surface area contributed by atoms with Crippen molar-refractivity contribution in [1.29, 1.82) is 0 Å². The quantitative estimate of drug-likeness (QED) is 0.336. The van der Waals surface area contributed by atoms with Gasteiger partial charge in [-0.3, -0.25) is 19.3 Å². The molecule has 7 nitrogen and oxygen atoms in total. The summed E-state index contributed by atoms with van der Waals surface area (Å²) in [5.74, 6) is -0.623. The first-order valence-electron chi connectivity index (χ1n) is 12.6. The van der Waals surface area contributed by atoms with Crippen molar-refractivity contribution in [1.82, 2.24) is 20.1 Å². The van der Waals surface area contributed by atoms with E-state index in [2.05, 4.69) is 27.5 Å². The third-order valence-electron chi connectivity index (χ3n) is 7.79. The smallest absolute Gasteiger partial charge is 0.303 e. The highest BCUT2D eigenvalue weighted by molar-refractivity contribution is 6.32. The summed E-state index contributed by atoms with van der Waals surface area (Å²) < 4.78 is 1.80. The molecule has 8 heteroatoms. The number of benzene rings is 2. The van der Waals surface area contributed by atoms with Gasteiger partial charge in [0.25, 0.3) is 5.91 Å². The number of halogens is 1. The lowest BCUT2D eigenvalue weighted by Crippen LogP contribution is -2.56. The average molecular weight is 515 g/mol. The summed E-state index contributed by atoms with van der Waals surface area (Å²) in [4.78, 5) is 28.9. The highest BCUT2D eigenvalue weighted by atomic mass is 35.5. The molecule has 4 aromatic rings. The van der Waals surface area contributed by atoms with Crippen LogP contribution in [-0.2, 0) is 11.3 Å². The number of aromatic nitrogens is 3. The Bertz CT molecular complexity index is 1470. The fourth-order valence-corrected chi connectivity index (χ4v) is 6.43. The Hall–Kier alpha value is -3.71. The number of aliphatic carboxylic acids is 1. The summed E-state index contributed by atoms with van der Waals surface area (Å²) in [6.45, 7) is 0.429. The van der Waals surface area contributed by atoms with Crippen LogP contribution >= 0.6 is 11.6 Å². The van der Waals surface area contributed by atoms with Gasteiger partial charge in [0.15, 0.2) is 0 Å². The Kier molecular flexibility index (Phi) is 5.95. The molecular formula is C29H27ClN4O3. The lowest BCUT2D eigenvalue weighted by atomic mass is 9.49. The molecule has 1 amide bonds. The first-order valence-corrected chi connectivity index (χ1v) is 12.9. The van der Waals surface area contributed by atoms with E-state index >= 15 is 0 Å². The molecule has 2 aliphatic carbocycles. The van der Waals surface area contributed by atoms with E-state index in [-0.39, 0.29) is 29.7 Å². The number of carboxylic acids is 1. The van der Waals surface area contributed by atoms with Crippen LogP contribution in [0.15, 0.2) is 67.0 Å². The topological polar surface area (TPSA) is 97.1 Å². The molecule has 2 N–H and O–H groups in total. The Labute approximate surface area is 219 Å². The zero-order valence-electron chi connectivity index (χ0n) is 20.2. The fraction of sp³-hybridized carbons (Fsp3) is 0.310. The van der Waals surface area contributed by atoms with Crippen molar-refractivity contribution in [3.63, 3.8) is 0 Å². The average Bonchev–Trinajstić information content (AvgIpc) is 3.23. The number of carboxylic acid groups (broad SMARTS) is 1. The number of carbonyl (C=O) groups is 2. The lowest BCUT2D eigenvalue weighted by molar-refractivity contribution is -0.142. The number of nitrogens with zero attached hydrogens (tertiary/aromatic N) is 3. The van der Waals surface area contributed by atoms with Gasteiger partial charge in [-0.2, -0.15) is 5.10 Å². The number of rotatable bonds is 7. The Morgan fingerprint density at radius 3 is 2.51 bits per heavy atom. The van der Waals surface area contributed by atoms with Gasteiger partial charge in [0.2, 0.25) is 0 Å². The van der Waals surface area contributed by atoms with Gasteiger partial charge >= 0.3 is 5.97 Å². The van der Waals surface area contributed by atoms with Gasteiger partial charge in [-0.25, -0.2) is 0 Å². The molecule has 2 saturated carbocycles. The molecule has 2 fully saturated rings. The third kappa shape index (κ3) is 4.71. The zero-order chi connectivity index (χ0) is 25.6. The van der Waals surface area contributed by atoms with Crippen LogP contribution in [0.3, 0.4) is 0 Å². The largest absolute Gasteiger partial charge is 0.481 e. The van der Waals surface area contributed by atoms with E-state index in [1.807, 2.05) is 42.6 Å². The van der Waals surface area contributed by atoms with Crippen LogP contribution in [0.2, 0.25) is 5.02 Å². The predicted molar refractivity (Wildman–Crippen MR) is 141 cm³/mol. The minimum absolute atomic E-state index is 0.0934. The molecule has 0 radical (unpaired) electrons. The van der Waals surface area contributed by atoms with Gasteiger partial charge in [0, 0.05) is 34.6 Å². The second kappa shape index (κ2) is 9.30. The van der Waals surface area contributed by atoms with Gasteiger partial charge in [0.05, 0.1) is 29.5 Å². The summed E-state index contributed by atoms with van der Waals surface area (Å²) >= 11 is 6.35. The maximum Gasteiger partial charge on any atom is 0.303 e. The Balaban J connectivity index is 1.17. The van der Waals surface area contributed by atoms with Crippen LogP contribution in [0.5, 0.6) is 0 Å². The Morgan fingerprint density at radius 1 is 1.03 bits per heavy atom. The molecule has 0 bridgehead atoms. The first-order chi connectivity index (χ1) is 17.9. The standard InChI is InChI=1S/C29H27ClN4O3/c30-22-9-21-16-32-34(17-23-7-6-20(15-31-23)19-4-2-1-3-5-19)27(21)25(10-22)28(37)33-24-13-29(14-24)11-18(12-29)8-26(35)36/h1-7,9-10,15-16,18,24H,8,11-14,17H2,(H,33,37)(H,35,36). The number of hydrogen-bond acceptors (Lipinski definition) is 4. The molecule has 6 rings (SSSR count). The summed E-state index contributed by atoms with van der Waals surface area (Å²) in [5, 5.41) is 18.0. The first kappa shape index (κ1) is 23.7. The van der Waals surface area contributed by atoms with Crippen molar-refractivity contribution in [2.24, 2.45) is 11.3 Å². The van der Waals surface area contributed by atoms with Crippen LogP contribution in [0, 0.1) is 11.3 Å². The normalized spacial score (nSPS) is 22.4. The molecule has 2 aromatic carbocycles. The zero-order valence-corrected chi connectivity index (χ0v) is 21.0. The minimum Gasteiger partial charge on any atom is -0.481 e. The highest BCUT2D eigenvalue weighted by Gasteiger charge is 2.53. The van der Waals surface area contributed by atoms with E-state index in [0.717, 1.165) is 53.4 Å². The van der Waals surface area contributed by atoms with Crippen molar-refractivity contribution in [3.8, 4) is 11.1 Å². The highest BCUT2D eigenvalue weighted by Crippen LogP contribution is 2.59. The summed E-state index contributed by atoms with van der Waals surface area (Å²) in [6, 6.07) is 17.7. The molecule has 2 aromatic heterocycles. The van der Waals surface area contributed by atoms with Crippen molar-refractivity contribution >= 4 is 34.4 Å². The predicted octanol–water partition coefficient (Wildman–Crippen LogP) is 5.56. The van der Waals surface area contributed by atoms with E-state index < -0.39 is 5.97 Å². The fourth-order valence-electron chi connectivity index (χ4n) is 6.20. The molecule has 1 spiro atoms. The molecule has 0 aliphatic heterocycles. The lowest BCUT2D eigenvalue weighted by Gasteiger charge is -2.57. The van der Waals surface area contributed by atoms with Gasteiger partial charge in [-0.1, -0.05) is 48.0 Å². The van der Waals surface area contributed by atoms with E-state index in [4.69, 9.17) is 16.7 Å². The third-order valence-corrected chi connectivity index (χ3v) is 8.01. The number of amides is 1. The molecular weight excluding hydrogens is 488 g/mol. The number of nitrogens with one attached hydrogen (secondary N) is 1. The molecule has 0 saturated heterocycles. The molecule has 2 heterocycles. The van der Waals surface area contributed by atoms with Crippen molar-refractivity contribution in [2.45, 2.75) is 44.7 Å². The number of carbonyl (C=O) groups excluding carboxylic acids is 1. The van der Waals surface area contributed by atoms with Crippen LogP contribution in [0.1, 0.15) is 48.2 Å². The maximum absolute atomic E-state index is 13.3.